The van der Waals surface area contributed by atoms with Gasteiger partial charge >= 0.3 is 5.97 Å². The maximum atomic E-state index is 10.8. The third-order valence-electron chi connectivity index (χ3n) is 2.16. The second-order valence-electron chi connectivity index (χ2n) is 3.29. The van der Waals surface area contributed by atoms with Gasteiger partial charge in [0.1, 0.15) is 12.4 Å². The molecule has 0 aliphatic heterocycles. The van der Waals surface area contributed by atoms with Crippen LogP contribution in [0.5, 0.6) is 5.75 Å². The molecule has 0 aliphatic rings. The third-order valence-corrected chi connectivity index (χ3v) is 3.16. The van der Waals surface area contributed by atoms with Crippen molar-refractivity contribution >= 4 is 40.2 Å². The summed E-state index contributed by atoms with van der Waals surface area (Å²) in [4.78, 5) is 10.8. The Balaban J connectivity index is 2.86. The highest BCUT2D eigenvalue weighted by Crippen LogP contribution is 2.26. The van der Waals surface area contributed by atoms with Gasteiger partial charge in [0.15, 0.2) is 0 Å². The molecule has 0 fully saturated rings. The zero-order chi connectivity index (χ0) is 12.1. The standard InChI is InChI=1S/C11H12ClIO3/c1-7(11(14)15)8-2-3-10(9(13)6-8)16-5-4-12/h2-3,6-7H,4-5H2,1H3,(H,14,15). The van der Waals surface area contributed by atoms with Crippen molar-refractivity contribution in [1.29, 1.82) is 0 Å². The number of ether oxygens (including phenoxy) is 1. The van der Waals surface area contributed by atoms with Gasteiger partial charge in [0.2, 0.25) is 0 Å². The topological polar surface area (TPSA) is 46.5 Å². The number of carboxylic acid groups (broad SMARTS) is 1. The molecule has 0 heterocycles. The highest BCUT2D eigenvalue weighted by Gasteiger charge is 2.14. The molecule has 1 aromatic rings. The van der Waals surface area contributed by atoms with Gasteiger partial charge in [-0.15, -0.1) is 11.6 Å². The first-order chi connectivity index (χ1) is 7.56. The van der Waals surface area contributed by atoms with Gasteiger partial charge in [0.05, 0.1) is 15.4 Å². The quantitative estimate of drug-likeness (QED) is 0.653. The Hall–Kier alpha value is -0.490. The molecule has 0 spiro atoms. The summed E-state index contributed by atoms with van der Waals surface area (Å²) in [6.07, 6.45) is 0. The first-order valence-corrected chi connectivity index (χ1v) is 6.38. The molecular formula is C11H12ClIO3. The van der Waals surface area contributed by atoms with Crippen LogP contribution in [0.25, 0.3) is 0 Å². The van der Waals surface area contributed by atoms with Crippen molar-refractivity contribution in [3.8, 4) is 5.75 Å². The predicted octanol–water partition coefficient (Wildman–Crippen LogP) is 3.10. The van der Waals surface area contributed by atoms with Crippen LogP contribution in [0.2, 0.25) is 0 Å². The molecular weight excluding hydrogens is 342 g/mol. The van der Waals surface area contributed by atoms with Crippen LogP contribution in [0, 0.1) is 3.57 Å². The van der Waals surface area contributed by atoms with E-state index in [1.165, 1.54) is 0 Å². The molecule has 1 rings (SSSR count). The normalized spacial score (nSPS) is 12.2. The number of hydrogen-bond acceptors (Lipinski definition) is 2. The summed E-state index contributed by atoms with van der Waals surface area (Å²) in [6.45, 7) is 2.11. The van der Waals surface area contributed by atoms with Gasteiger partial charge in [0, 0.05) is 0 Å². The first-order valence-electron chi connectivity index (χ1n) is 4.77. The van der Waals surface area contributed by atoms with Crippen LogP contribution in [0.4, 0.5) is 0 Å². The summed E-state index contributed by atoms with van der Waals surface area (Å²) in [5.41, 5.74) is 0.773. The lowest BCUT2D eigenvalue weighted by Gasteiger charge is -2.10. The Morgan fingerprint density at radius 1 is 1.62 bits per heavy atom. The van der Waals surface area contributed by atoms with E-state index in [9.17, 15) is 4.79 Å². The lowest BCUT2D eigenvalue weighted by Crippen LogP contribution is -2.08. The van der Waals surface area contributed by atoms with E-state index in [4.69, 9.17) is 21.4 Å². The minimum atomic E-state index is -0.828. The van der Waals surface area contributed by atoms with Gasteiger partial charge in [-0.05, 0) is 47.2 Å². The fraction of sp³-hybridized carbons (Fsp3) is 0.364. The van der Waals surface area contributed by atoms with Crippen molar-refractivity contribution in [2.45, 2.75) is 12.8 Å². The van der Waals surface area contributed by atoms with E-state index in [1.54, 1.807) is 19.1 Å². The minimum absolute atomic E-state index is 0.434. The molecule has 88 valence electrons. The highest BCUT2D eigenvalue weighted by atomic mass is 127. The second-order valence-corrected chi connectivity index (χ2v) is 4.83. The van der Waals surface area contributed by atoms with Crippen molar-refractivity contribution in [3.63, 3.8) is 0 Å². The molecule has 5 heteroatoms. The van der Waals surface area contributed by atoms with Crippen LogP contribution in [0.1, 0.15) is 18.4 Å². The number of rotatable bonds is 5. The molecule has 3 nitrogen and oxygen atoms in total. The molecule has 0 saturated heterocycles. The molecule has 0 amide bonds. The Labute approximate surface area is 113 Å². The van der Waals surface area contributed by atoms with Crippen LogP contribution in [0.3, 0.4) is 0 Å². The van der Waals surface area contributed by atoms with E-state index in [2.05, 4.69) is 22.6 Å². The van der Waals surface area contributed by atoms with E-state index >= 15 is 0 Å². The van der Waals surface area contributed by atoms with E-state index in [1.807, 2.05) is 6.07 Å². The molecule has 0 aromatic heterocycles. The maximum Gasteiger partial charge on any atom is 0.310 e. The third kappa shape index (κ3) is 3.52. The Morgan fingerprint density at radius 2 is 2.31 bits per heavy atom. The molecule has 0 radical (unpaired) electrons. The van der Waals surface area contributed by atoms with Gasteiger partial charge < -0.3 is 9.84 Å². The molecule has 1 aromatic carbocycles. The summed E-state index contributed by atoms with van der Waals surface area (Å²) in [5, 5.41) is 8.89. The minimum Gasteiger partial charge on any atom is -0.491 e. The zero-order valence-electron chi connectivity index (χ0n) is 8.74. The lowest BCUT2D eigenvalue weighted by molar-refractivity contribution is -0.138. The largest absolute Gasteiger partial charge is 0.491 e. The van der Waals surface area contributed by atoms with Gasteiger partial charge in [-0.3, -0.25) is 4.79 Å². The lowest BCUT2D eigenvalue weighted by atomic mass is 10.0. The van der Waals surface area contributed by atoms with Gasteiger partial charge in [-0.2, -0.15) is 0 Å². The monoisotopic (exact) mass is 354 g/mol. The summed E-state index contributed by atoms with van der Waals surface area (Å²) in [5.74, 6) is -0.160. The van der Waals surface area contributed by atoms with E-state index in [0.717, 1.165) is 14.9 Å². The van der Waals surface area contributed by atoms with E-state index < -0.39 is 11.9 Å². The van der Waals surface area contributed by atoms with Crippen LogP contribution < -0.4 is 4.74 Å². The number of carbonyl (C=O) groups is 1. The average molecular weight is 355 g/mol. The summed E-state index contributed by atoms with van der Waals surface area (Å²) in [6, 6.07) is 5.37. The number of carboxylic acids is 1. The smallest absolute Gasteiger partial charge is 0.310 e. The van der Waals surface area contributed by atoms with Crippen molar-refractivity contribution in [2.75, 3.05) is 12.5 Å². The van der Waals surface area contributed by atoms with Gasteiger partial charge in [-0.25, -0.2) is 0 Å². The highest BCUT2D eigenvalue weighted by molar-refractivity contribution is 14.1. The maximum absolute atomic E-state index is 10.8. The second kappa shape index (κ2) is 6.30. The first kappa shape index (κ1) is 13.6. The SMILES string of the molecule is CC(C(=O)O)c1ccc(OCCCl)c(I)c1. The van der Waals surface area contributed by atoms with Crippen LogP contribution >= 0.6 is 34.2 Å². The van der Waals surface area contributed by atoms with Crippen LogP contribution in [-0.2, 0) is 4.79 Å². The van der Waals surface area contributed by atoms with E-state index in [-0.39, 0.29) is 0 Å². The molecule has 0 bridgehead atoms. The fourth-order valence-corrected chi connectivity index (χ4v) is 1.97. The number of halogens is 2. The van der Waals surface area contributed by atoms with Crippen molar-refractivity contribution in [1.82, 2.24) is 0 Å². The van der Waals surface area contributed by atoms with Crippen molar-refractivity contribution < 1.29 is 14.6 Å². The Bertz CT molecular complexity index is 381. The molecule has 1 unspecified atom stereocenters. The van der Waals surface area contributed by atoms with Crippen LogP contribution in [0.15, 0.2) is 18.2 Å². The van der Waals surface area contributed by atoms with Gasteiger partial charge in [0.25, 0.3) is 0 Å². The molecule has 0 aliphatic carbocycles. The fourth-order valence-electron chi connectivity index (χ4n) is 1.19. The van der Waals surface area contributed by atoms with Crippen molar-refractivity contribution in [2.24, 2.45) is 0 Å². The van der Waals surface area contributed by atoms with Gasteiger partial charge in [-0.1, -0.05) is 6.07 Å². The molecule has 16 heavy (non-hydrogen) atoms. The predicted molar refractivity (Wildman–Crippen MR) is 71.4 cm³/mol. The number of alkyl halides is 1. The number of hydrogen-bond donors (Lipinski definition) is 1. The van der Waals surface area contributed by atoms with Crippen LogP contribution in [-0.4, -0.2) is 23.6 Å². The summed E-state index contributed by atoms with van der Waals surface area (Å²) >= 11 is 7.64. The molecule has 1 N–H and O–H groups in total. The van der Waals surface area contributed by atoms with Crippen molar-refractivity contribution in [3.05, 3.63) is 27.3 Å². The zero-order valence-corrected chi connectivity index (χ0v) is 11.7. The summed E-state index contributed by atoms with van der Waals surface area (Å²) < 4.78 is 6.29. The Kier molecular flexibility index (Phi) is 5.34. The number of aliphatic carboxylic acids is 1. The van der Waals surface area contributed by atoms with E-state index in [0.29, 0.717) is 12.5 Å². The average Bonchev–Trinajstić information content (AvgIpc) is 2.26. The number of benzene rings is 1. The Morgan fingerprint density at radius 3 is 2.81 bits per heavy atom. The molecule has 1 atom stereocenters. The summed E-state index contributed by atoms with van der Waals surface area (Å²) in [7, 11) is 0. The molecule has 0 saturated carbocycles.